The molecule has 0 aliphatic rings. The number of carbonyl (C=O) groups is 2. The second kappa shape index (κ2) is 9.48. The minimum Gasteiger partial charge on any atom is -0.452 e. The van der Waals surface area contributed by atoms with Crippen molar-refractivity contribution in [2.24, 2.45) is 0 Å². The molecule has 0 fully saturated rings. The topological polar surface area (TPSA) is 84.0 Å². The molecule has 0 saturated heterocycles. The Labute approximate surface area is 165 Å². The van der Waals surface area contributed by atoms with Gasteiger partial charge in [-0.2, -0.15) is 4.31 Å². The van der Waals surface area contributed by atoms with Gasteiger partial charge in [0, 0.05) is 25.8 Å². The highest BCUT2D eigenvalue weighted by Gasteiger charge is 2.22. The van der Waals surface area contributed by atoms with Gasteiger partial charge in [0.15, 0.2) is 6.61 Å². The number of carbonyl (C=O) groups excluding carboxylic acids is 2. The van der Waals surface area contributed by atoms with E-state index in [9.17, 15) is 18.0 Å². The predicted octanol–water partition coefficient (Wildman–Crippen LogP) is 2.54. The zero-order chi connectivity index (χ0) is 20.7. The maximum absolute atomic E-state index is 12.5. The van der Waals surface area contributed by atoms with Crippen molar-refractivity contribution in [2.45, 2.75) is 18.7 Å². The number of esters is 1. The van der Waals surface area contributed by atoms with Gasteiger partial charge in [-0.25, -0.2) is 13.2 Å². The molecule has 0 bridgehead atoms. The van der Waals surface area contributed by atoms with Crippen LogP contribution in [0.25, 0.3) is 0 Å². The number of anilines is 1. The minimum atomic E-state index is -3.59. The molecule has 1 amide bonds. The Morgan fingerprint density at radius 2 is 1.50 bits per heavy atom. The molecule has 0 aliphatic carbocycles. The SMILES string of the molecule is CCN(CC)S(=O)(=O)c1ccc(C(=O)OCC(=O)N(C)c2ccccc2)cc1. The van der Waals surface area contributed by atoms with Gasteiger partial charge in [0.05, 0.1) is 10.5 Å². The maximum Gasteiger partial charge on any atom is 0.338 e. The number of benzene rings is 2. The Morgan fingerprint density at radius 3 is 2.04 bits per heavy atom. The lowest BCUT2D eigenvalue weighted by Gasteiger charge is -2.18. The molecule has 8 heteroatoms. The lowest BCUT2D eigenvalue weighted by Crippen LogP contribution is -2.31. The average Bonchev–Trinajstić information content (AvgIpc) is 2.72. The number of likely N-dealkylation sites (N-methyl/N-ethyl adjacent to an activating group) is 1. The molecule has 28 heavy (non-hydrogen) atoms. The number of hydrogen-bond acceptors (Lipinski definition) is 5. The van der Waals surface area contributed by atoms with Crippen molar-refractivity contribution in [1.29, 1.82) is 0 Å². The van der Waals surface area contributed by atoms with Crippen LogP contribution in [0.3, 0.4) is 0 Å². The van der Waals surface area contributed by atoms with Crippen molar-refractivity contribution in [1.82, 2.24) is 4.31 Å². The van der Waals surface area contributed by atoms with Crippen LogP contribution in [0, 0.1) is 0 Å². The molecule has 0 atom stereocenters. The summed E-state index contributed by atoms with van der Waals surface area (Å²) in [6.45, 7) is 3.83. The molecule has 2 aromatic carbocycles. The lowest BCUT2D eigenvalue weighted by atomic mass is 10.2. The summed E-state index contributed by atoms with van der Waals surface area (Å²) in [7, 11) is -2.00. The average molecular weight is 404 g/mol. The van der Waals surface area contributed by atoms with E-state index >= 15 is 0 Å². The zero-order valence-electron chi connectivity index (χ0n) is 16.2. The molecule has 0 aliphatic heterocycles. The third-order valence-corrected chi connectivity index (χ3v) is 6.34. The lowest BCUT2D eigenvalue weighted by molar-refractivity contribution is -0.121. The third kappa shape index (κ3) is 4.96. The van der Waals surface area contributed by atoms with Gasteiger partial charge in [-0.15, -0.1) is 0 Å². The summed E-state index contributed by atoms with van der Waals surface area (Å²) >= 11 is 0. The fourth-order valence-electron chi connectivity index (χ4n) is 2.58. The Morgan fingerprint density at radius 1 is 0.929 bits per heavy atom. The standard InChI is InChI=1S/C20H24N2O5S/c1-4-22(5-2)28(25,26)18-13-11-16(12-14-18)20(24)27-15-19(23)21(3)17-9-7-6-8-10-17/h6-14H,4-5,15H2,1-3H3. The van der Waals surface area contributed by atoms with Gasteiger partial charge in [-0.3, -0.25) is 4.79 Å². The largest absolute Gasteiger partial charge is 0.452 e. The van der Waals surface area contributed by atoms with Crippen molar-refractivity contribution in [3.8, 4) is 0 Å². The summed E-state index contributed by atoms with van der Waals surface area (Å²) < 4.78 is 31.3. The van der Waals surface area contributed by atoms with Gasteiger partial charge in [0.2, 0.25) is 10.0 Å². The minimum absolute atomic E-state index is 0.104. The van der Waals surface area contributed by atoms with E-state index in [1.54, 1.807) is 45.2 Å². The van der Waals surface area contributed by atoms with Gasteiger partial charge in [0.1, 0.15) is 0 Å². The van der Waals surface area contributed by atoms with E-state index < -0.39 is 22.6 Å². The van der Waals surface area contributed by atoms with Crippen LogP contribution < -0.4 is 4.90 Å². The molecule has 0 aromatic heterocycles. The van der Waals surface area contributed by atoms with Gasteiger partial charge in [-0.05, 0) is 36.4 Å². The second-order valence-electron chi connectivity index (χ2n) is 5.98. The van der Waals surface area contributed by atoms with Crippen LogP contribution in [-0.2, 0) is 19.6 Å². The van der Waals surface area contributed by atoms with Crippen molar-refractivity contribution in [2.75, 3.05) is 31.6 Å². The van der Waals surface area contributed by atoms with E-state index in [1.165, 1.54) is 33.5 Å². The summed E-state index contributed by atoms with van der Waals surface area (Å²) in [5.41, 5.74) is 0.864. The predicted molar refractivity (Wildman–Crippen MR) is 107 cm³/mol. The molecular weight excluding hydrogens is 380 g/mol. The van der Waals surface area contributed by atoms with E-state index in [4.69, 9.17) is 4.74 Å². The maximum atomic E-state index is 12.5. The molecular formula is C20H24N2O5S. The first-order valence-electron chi connectivity index (χ1n) is 8.90. The van der Waals surface area contributed by atoms with Crippen molar-refractivity contribution in [3.05, 3.63) is 60.2 Å². The Hall–Kier alpha value is -2.71. The quantitative estimate of drug-likeness (QED) is 0.632. The summed E-state index contributed by atoms with van der Waals surface area (Å²) in [5.74, 6) is -1.07. The third-order valence-electron chi connectivity index (χ3n) is 4.28. The highest BCUT2D eigenvalue weighted by molar-refractivity contribution is 7.89. The summed E-state index contributed by atoms with van der Waals surface area (Å²) in [6, 6.07) is 14.5. The van der Waals surface area contributed by atoms with Crippen LogP contribution in [0.1, 0.15) is 24.2 Å². The van der Waals surface area contributed by atoms with E-state index in [0.717, 1.165) is 0 Å². The van der Waals surface area contributed by atoms with Crippen LogP contribution in [0.5, 0.6) is 0 Å². The first-order chi connectivity index (χ1) is 13.3. The van der Waals surface area contributed by atoms with Crippen LogP contribution in [0.15, 0.2) is 59.5 Å². The Kier molecular flexibility index (Phi) is 7.31. The molecule has 0 spiro atoms. The van der Waals surface area contributed by atoms with Crippen LogP contribution in [-0.4, -0.2) is 51.3 Å². The van der Waals surface area contributed by atoms with Crippen LogP contribution in [0.2, 0.25) is 0 Å². The van der Waals surface area contributed by atoms with Crippen molar-refractivity contribution in [3.63, 3.8) is 0 Å². The van der Waals surface area contributed by atoms with Crippen molar-refractivity contribution < 1.29 is 22.7 Å². The normalized spacial score (nSPS) is 11.3. The monoisotopic (exact) mass is 404 g/mol. The second-order valence-corrected chi connectivity index (χ2v) is 7.92. The summed E-state index contributed by atoms with van der Waals surface area (Å²) in [6.07, 6.45) is 0. The van der Waals surface area contributed by atoms with Crippen LogP contribution >= 0.6 is 0 Å². The molecule has 150 valence electrons. The fraction of sp³-hybridized carbons (Fsp3) is 0.300. The number of ether oxygens (including phenoxy) is 1. The molecule has 0 N–H and O–H groups in total. The van der Waals surface area contributed by atoms with E-state index in [1.807, 2.05) is 6.07 Å². The van der Waals surface area contributed by atoms with Crippen molar-refractivity contribution >= 4 is 27.6 Å². The Balaban J connectivity index is 2.01. The smallest absolute Gasteiger partial charge is 0.338 e. The molecule has 0 unspecified atom stereocenters. The Bertz CT molecular complexity index is 907. The fourth-order valence-corrected chi connectivity index (χ4v) is 4.04. The van der Waals surface area contributed by atoms with E-state index in [-0.39, 0.29) is 16.4 Å². The highest BCUT2D eigenvalue weighted by Crippen LogP contribution is 2.17. The van der Waals surface area contributed by atoms with Gasteiger partial charge >= 0.3 is 5.97 Å². The molecule has 7 nitrogen and oxygen atoms in total. The number of rotatable bonds is 8. The van der Waals surface area contributed by atoms with Gasteiger partial charge in [-0.1, -0.05) is 32.0 Å². The van der Waals surface area contributed by atoms with Gasteiger partial charge < -0.3 is 9.64 Å². The number of sulfonamides is 1. The zero-order valence-corrected chi connectivity index (χ0v) is 17.0. The number of nitrogens with zero attached hydrogens (tertiary/aromatic N) is 2. The summed E-state index contributed by atoms with van der Waals surface area (Å²) in [4.78, 5) is 25.8. The molecule has 0 saturated carbocycles. The van der Waals surface area contributed by atoms with E-state index in [0.29, 0.717) is 18.8 Å². The molecule has 0 heterocycles. The molecule has 2 rings (SSSR count). The highest BCUT2D eigenvalue weighted by atomic mass is 32.2. The first kappa shape index (κ1) is 21.6. The number of para-hydroxylation sites is 1. The number of amides is 1. The summed E-state index contributed by atoms with van der Waals surface area (Å²) in [5, 5.41) is 0. The first-order valence-corrected chi connectivity index (χ1v) is 10.3. The molecule has 0 radical (unpaired) electrons. The van der Waals surface area contributed by atoms with Crippen LogP contribution in [0.4, 0.5) is 5.69 Å². The number of hydrogen-bond donors (Lipinski definition) is 0. The van der Waals surface area contributed by atoms with E-state index in [2.05, 4.69) is 0 Å². The molecule has 2 aromatic rings. The van der Waals surface area contributed by atoms with Gasteiger partial charge in [0.25, 0.3) is 5.91 Å².